The van der Waals surface area contributed by atoms with Gasteiger partial charge >= 0.3 is 0 Å². The summed E-state index contributed by atoms with van der Waals surface area (Å²) in [5, 5.41) is 12.3. The van der Waals surface area contributed by atoms with E-state index in [9.17, 15) is 0 Å². The van der Waals surface area contributed by atoms with Gasteiger partial charge in [0.15, 0.2) is 0 Å². The van der Waals surface area contributed by atoms with Crippen LogP contribution in [0, 0.1) is 0 Å². The number of rotatable bonds is 6. The molecule has 0 radical (unpaired) electrons. The zero-order valence-electron chi connectivity index (χ0n) is 10.3. The largest absolute Gasteiger partial charge is 0.395 e. The lowest BCUT2D eigenvalue weighted by atomic mass is 10.2. The zero-order valence-corrected chi connectivity index (χ0v) is 10.3. The number of pyridine rings is 1. The fraction of sp³-hybridized carbons (Fsp3) is 0.583. The van der Waals surface area contributed by atoms with Crippen molar-refractivity contribution in [1.29, 1.82) is 0 Å². The van der Waals surface area contributed by atoms with Gasteiger partial charge in [-0.2, -0.15) is 0 Å². The summed E-state index contributed by atoms with van der Waals surface area (Å²) in [4.78, 5) is 6.40. The van der Waals surface area contributed by atoms with Gasteiger partial charge in [0.1, 0.15) is 0 Å². The third-order valence-electron chi connectivity index (χ3n) is 2.63. The number of anilines is 1. The van der Waals surface area contributed by atoms with Crippen molar-refractivity contribution in [3.8, 4) is 0 Å². The molecule has 0 spiro atoms. The molecule has 1 atom stereocenters. The van der Waals surface area contributed by atoms with Crippen molar-refractivity contribution >= 4 is 5.69 Å². The van der Waals surface area contributed by atoms with Crippen LogP contribution in [0.5, 0.6) is 0 Å². The Morgan fingerprint density at radius 2 is 2.31 bits per heavy atom. The van der Waals surface area contributed by atoms with E-state index in [0.29, 0.717) is 0 Å². The highest BCUT2D eigenvalue weighted by molar-refractivity contribution is 5.42. The molecule has 1 unspecified atom stereocenters. The van der Waals surface area contributed by atoms with Gasteiger partial charge in [-0.15, -0.1) is 0 Å². The molecule has 90 valence electrons. The van der Waals surface area contributed by atoms with Crippen LogP contribution < -0.4 is 5.32 Å². The standard InChI is InChI=1S/C12H21N3O/c1-4-13-11-5-6-14-12(7-11)8-15(3)10(2)9-16/h5-7,10,16H,4,8-9H2,1-3H3,(H,13,14). The molecule has 0 amide bonds. The van der Waals surface area contributed by atoms with Gasteiger partial charge in [0.05, 0.1) is 12.3 Å². The van der Waals surface area contributed by atoms with Gasteiger partial charge in [-0.1, -0.05) is 0 Å². The highest BCUT2D eigenvalue weighted by Crippen LogP contribution is 2.10. The van der Waals surface area contributed by atoms with E-state index in [2.05, 4.69) is 22.1 Å². The van der Waals surface area contributed by atoms with Crippen molar-refractivity contribution < 1.29 is 5.11 Å². The summed E-state index contributed by atoms with van der Waals surface area (Å²) < 4.78 is 0. The molecule has 4 nitrogen and oxygen atoms in total. The summed E-state index contributed by atoms with van der Waals surface area (Å²) in [6.45, 7) is 5.89. The first-order chi connectivity index (χ1) is 7.67. The van der Waals surface area contributed by atoms with Crippen LogP contribution in [0.25, 0.3) is 0 Å². The molecule has 0 aliphatic rings. The summed E-state index contributed by atoms with van der Waals surface area (Å²) in [6, 6.07) is 4.16. The van der Waals surface area contributed by atoms with Crippen molar-refractivity contribution in [2.75, 3.05) is 25.5 Å². The summed E-state index contributed by atoms with van der Waals surface area (Å²) in [7, 11) is 1.99. The van der Waals surface area contributed by atoms with E-state index in [1.165, 1.54) is 0 Å². The van der Waals surface area contributed by atoms with Gasteiger partial charge in [-0.05, 0) is 33.0 Å². The summed E-state index contributed by atoms with van der Waals surface area (Å²) in [5.74, 6) is 0. The maximum absolute atomic E-state index is 9.05. The fourth-order valence-corrected chi connectivity index (χ4v) is 1.43. The average molecular weight is 223 g/mol. The Kier molecular flexibility index (Phi) is 5.22. The van der Waals surface area contributed by atoms with Gasteiger partial charge in [-0.3, -0.25) is 9.88 Å². The van der Waals surface area contributed by atoms with Crippen LogP contribution in [0.1, 0.15) is 19.5 Å². The van der Waals surface area contributed by atoms with Gasteiger partial charge in [-0.25, -0.2) is 0 Å². The first-order valence-corrected chi connectivity index (χ1v) is 5.67. The normalized spacial score (nSPS) is 12.8. The number of hydrogen-bond donors (Lipinski definition) is 2. The first-order valence-electron chi connectivity index (χ1n) is 5.67. The van der Waals surface area contributed by atoms with Crippen LogP contribution in [0.15, 0.2) is 18.3 Å². The predicted octanol–water partition coefficient (Wildman–Crippen LogP) is 1.33. The van der Waals surface area contributed by atoms with Gasteiger partial charge < -0.3 is 10.4 Å². The van der Waals surface area contributed by atoms with Crippen LogP contribution >= 0.6 is 0 Å². The Bertz CT molecular complexity index is 317. The molecule has 4 heteroatoms. The molecule has 16 heavy (non-hydrogen) atoms. The number of aliphatic hydroxyl groups excluding tert-OH is 1. The predicted molar refractivity (Wildman–Crippen MR) is 66.4 cm³/mol. The second-order valence-electron chi connectivity index (χ2n) is 4.01. The molecule has 0 bridgehead atoms. The van der Waals surface area contributed by atoms with Crippen molar-refractivity contribution in [3.63, 3.8) is 0 Å². The topological polar surface area (TPSA) is 48.4 Å². The molecule has 1 heterocycles. The number of likely N-dealkylation sites (N-methyl/N-ethyl adjacent to an activating group) is 1. The third kappa shape index (κ3) is 3.79. The molecule has 0 aliphatic heterocycles. The maximum Gasteiger partial charge on any atom is 0.0584 e. The third-order valence-corrected chi connectivity index (χ3v) is 2.63. The van der Waals surface area contributed by atoms with Gasteiger partial charge in [0.2, 0.25) is 0 Å². The minimum atomic E-state index is 0.157. The smallest absolute Gasteiger partial charge is 0.0584 e. The SMILES string of the molecule is CCNc1ccnc(CN(C)C(C)CO)c1. The number of nitrogens with one attached hydrogen (secondary N) is 1. The Morgan fingerprint density at radius 1 is 1.56 bits per heavy atom. The molecule has 2 N–H and O–H groups in total. The van der Waals surface area contributed by atoms with E-state index in [1.807, 2.05) is 32.3 Å². The lowest BCUT2D eigenvalue weighted by Gasteiger charge is -2.22. The first kappa shape index (κ1) is 12.9. The summed E-state index contributed by atoms with van der Waals surface area (Å²) in [6.07, 6.45) is 1.81. The van der Waals surface area contributed by atoms with Crippen LogP contribution in [0.4, 0.5) is 5.69 Å². The van der Waals surface area contributed by atoms with E-state index < -0.39 is 0 Å². The molecular weight excluding hydrogens is 202 g/mol. The molecule has 0 fully saturated rings. The lowest BCUT2D eigenvalue weighted by Crippen LogP contribution is -2.31. The number of aromatic nitrogens is 1. The van der Waals surface area contributed by atoms with Gasteiger partial charge in [0, 0.05) is 31.0 Å². The van der Waals surface area contributed by atoms with Crippen LogP contribution in [-0.2, 0) is 6.54 Å². The number of aliphatic hydroxyl groups is 1. The Balaban J connectivity index is 2.62. The highest BCUT2D eigenvalue weighted by atomic mass is 16.3. The maximum atomic E-state index is 9.05. The van der Waals surface area contributed by atoms with Crippen LogP contribution in [-0.4, -0.2) is 41.2 Å². The molecule has 0 aliphatic carbocycles. The van der Waals surface area contributed by atoms with E-state index in [0.717, 1.165) is 24.5 Å². The van der Waals surface area contributed by atoms with E-state index >= 15 is 0 Å². The monoisotopic (exact) mass is 223 g/mol. The lowest BCUT2D eigenvalue weighted by molar-refractivity contribution is 0.153. The Morgan fingerprint density at radius 3 is 2.94 bits per heavy atom. The van der Waals surface area contributed by atoms with Crippen molar-refractivity contribution in [2.24, 2.45) is 0 Å². The Hall–Kier alpha value is -1.13. The molecule has 1 aromatic heterocycles. The highest BCUT2D eigenvalue weighted by Gasteiger charge is 2.08. The average Bonchev–Trinajstić information content (AvgIpc) is 2.29. The van der Waals surface area contributed by atoms with Crippen LogP contribution in [0.2, 0.25) is 0 Å². The molecule has 0 saturated heterocycles. The molecule has 1 rings (SSSR count). The second kappa shape index (κ2) is 6.45. The van der Waals surface area contributed by atoms with Crippen LogP contribution in [0.3, 0.4) is 0 Å². The minimum absolute atomic E-state index is 0.157. The Labute approximate surface area is 97.3 Å². The van der Waals surface area contributed by atoms with E-state index in [4.69, 9.17) is 5.11 Å². The molecule has 0 saturated carbocycles. The molecule has 0 aromatic carbocycles. The van der Waals surface area contributed by atoms with Crippen molar-refractivity contribution in [2.45, 2.75) is 26.4 Å². The zero-order chi connectivity index (χ0) is 12.0. The minimum Gasteiger partial charge on any atom is -0.395 e. The van der Waals surface area contributed by atoms with E-state index in [1.54, 1.807) is 0 Å². The quantitative estimate of drug-likeness (QED) is 0.764. The summed E-state index contributed by atoms with van der Waals surface area (Å²) in [5.41, 5.74) is 2.11. The number of nitrogens with zero attached hydrogens (tertiary/aromatic N) is 2. The van der Waals surface area contributed by atoms with Crippen molar-refractivity contribution in [3.05, 3.63) is 24.0 Å². The van der Waals surface area contributed by atoms with Gasteiger partial charge in [0.25, 0.3) is 0 Å². The molecule has 1 aromatic rings. The summed E-state index contributed by atoms with van der Waals surface area (Å²) >= 11 is 0. The second-order valence-corrected chi connectivity index (χ2v) is 4.01. The fourth-order valence-electron chi connectivity index (χ4n) is 1.43. The molecular formula is C12H21N3O. The van der Waals surface area contributed by atoms with E-state index in [-0.39, 0.29) is 12.6 Å². The number of hydrogen-bond acceptors (Lipinski definition) is 4. The van der Waals surface area contributed by atoms with Crippen molar-refractivity contribution in [1.82, 2.24) is 9.88 Å².